The van der Waals surface area contributed by atoms with Crippen LogP contribution in [0.15, 0.2) is 0 Å². The van der Waals surface area contributed by atoms with Gasteiger partial charge in [0.05, 0.1) is 6.61 Å². The highest BCUT2D eigenvalue weighted by atomic mass is 16.3. The van der Waals surface area contributed by atoms with Crippen LogP contribution in [0.4, 0.5) is 4.79 Å². The van der Waals surface area contributed by atoms with E-state index in [1.807, 2.05) is 4.90 Å². The molecule has 19 heavy (non-hydrogen) atoms. The van der Waals surface area contributed by atoms with Crippen molar-refractivity contribution in [2.75, 3.05) is 13.2 Å². The molecular weight excluding hydrogens is 240 g/mol. The van der Waals surface area contributed by atoms with Crippen LogP contribution in [-0.4, -0.2) is 41.3 Å². The minimum absolute atomic E-state index is 0.0320. The maximum absolute atomic E-state index is 12.2. The lowest BCUT2D eigenvalue weighted by atomic mass is 9.80. The number of hydrogen-bond donors (Lipinski definition) is 2. The maximum atomic E-state index is 12.2. The number of hydrogen-bond acceptors (Lipinski definition) is 2. The van der Waals surface area contributed by atoms with Gasteiger partial charge in [0, 0.05) is 18.6 Å². The lowest BCUT2D eigenvalue weighted by molar-refractivity contribution is 0.163. The summed E-state index contributed by atoms with van der Waals surface area (Å²) in [5.41, 5.74) is 0. The Labute approximate surface area is 116 Å². The van der Waals surface area contributed by atoms with E-state index in [4.69, 9.17) is 5.11 Å². The Bertz CT molecular complexity index is 295. The van der Waals surface area contributed by atoms with Crippen molar-refractivity contribution in [3.05, 3.63) is 0 Å². The average molecular weight is 268 g/mol. The molecule has 110 valence electrons. The summed E-state index contributed by atoms with van der Waals surface area (Å²) < 4.78 is 0. The zero-order valence-corrected chi connectivity index (χ0v) is 12.3. The summed E-state index contributed by atoms with van der Waals surface area (Å²) >= 11 is 0. The molecule has 0 spiro atoms. The molecule has 2 aliphatic rings. The van der Waals surface area contributed by atoms with Gasteiger partial charge in [-0.2, -0.15) is 0 Å². The Hall–Kier alpha value is -0.770. The second kappa shape index (κ2) is 6.60. The van der Waals surface area contributed by atoms with E-state index in [1.165, 1.54) is 12.8 Å². The molecule has 0 aliphatic heterocycles. The van der Waals surface area contributed by atoms with Gasteiger partial charge in [0.25, 0.3) is 0 Å². The van der Waals surface area contributed by atoms with Gasteiger partial charge in [-0.25, -0.2) is 4.79 Å². The fourth-order valence-electron chi connectivity index (χ4n) is 3.13. The quantitative estimate of drug-likeness (QED) is 0.804. The molecule has 4 nitrogen and oxygen atoms in total. The van der Waals surface area contributed by atoms with Crippen LogP contribution in [0.5, 0.6) is 0 Å². The van der Waals surface area contributed by atoms with Gasteiger partial charge < -0.3 is 15.3 Å². The summed E-state index contributed by atoms with van der Waals surface area (Å²) in [6, 6.07) is 0.742. The molecule has 2 rings (SSSR count). The summed E-state index contributed by atoms with van der Waals surface area (Å²) in [5, 5.41) is 12.2. The first-order chi connectivity index (χ1) is 9.11. The van der Waals surface area contributed by atoms with E-state index < -0.39 is 0 Å². The third kappa shape index (κ3) is 4.10. The first-order valence-electron chi connectivity index (χ1n) is 7.79. The minimum atomic E-state index is 0.0320. The zero-order valence-electron chi connectivity index (χ0n) is 12.3. The van der Waals surface area contributed by atoms with Gasteiger partial charge in [0.15, 0.2) is 0 Å². The minimum Gasteiger partial charge on any atom is -0.395 e. The topological polar surface area (TPSA) is 52.6 Å². The van der Waals surface area contributed by atoms with Gasteiger partial charge >= 0.3 is 6.03 Å². The molecule has 2 amide bonds. The van der Waals surface area contributed by atoms with E-state index >= 15 is 0 Å². The summed E-state index contributed by atoms with van der Waals surface area (Å²) in [6.07, 6.45) is 6.84. The number of nitrogens with one attached hydrogen (secondary N) is 1. The summed E-state index contributed by atoms with van der Waals surface area (Å²) in [4.78, 5) is 14.0. The van der Waals surface area contributed by atoms with Crippen molar-refractivity contribution in [2.24, 2.45) is 11.8 Å². The fourth-order valence-corrected chi connectivity index (χ4v) is 3.13. The highest BCUT2D eigenvalue weighted by Gasteiger charge is 2.33. The average Bonchev–Trinajstić information content (AvgIpc) is 3.20. The first-order valence-corrected chi connectivity index (χ1v) is 7.79. The molecule has 2 N–H and O–H groups in total. The second-order valence-electron chi connectivity index (χ2n) is 6.45. The van der Waals surface area contributed by atoms with E-state index in [0.29, 0.717) is 18.6 Å². The van der Waals surface area contributed by atoms with Crippen LogP contribution in [0.2, 0.25) is 0 Å². The molecule has 0 aromatic carbocycles. The molecule has 0 aromatic rings. The van der Waals surface area contributed by atoms with Crippen molar-refractivity contribution in [1.82, 2.24) is 10.2 Å². The Kier molecular flexibility index (Phi) is 5.08. The van der Waals surface area contributed by atoms with Crippen LogP contribution in [-0.2, 0) is 0 Å². The Morgan fingerprint density at radius 3 is 2.32 bits per heavy atom. The molecule has 4 heteroatoms. The van der Waals surface area contributed by atoms with Crippen LogP contribution < -0.4 is 5.32 Å². The standard InChI is InChI=1S/C15H28N2O2/c1-11(2)12-3-5-13(6-4-12)16-15(19)17(9-10-18)14-7-8-14/h11-14,18H,3-10H2,1-2H3,(H,16,19). The Morgan fingerprint density at radius 1 is 1.21 bits per heavy atom. The van der Waals surface area contributed by atoms with Crippen molar-refractivity contribution in [2.45, 2.75) is 64.5 Å². The van der Waals surface area contributed by atoms with Crippen molar-refractivity contribution in [3.63, 3.8) is 0 Å². The Balaban J connectivity index is 1.76. The highest BCUT2D eigenvalue weighted by molar-refractivity contribution is 5.75. The number of carbonyl (C=O) groups is 1. The number of amides is 2. The van der Waals surface area contributed by atoms with Crippen molar-refractivity contribution in [1.29, 1.82) is 0 Å². The molecule has 0 bridgehead atoms. The normalized spacial score (nSPS) is 27.4. The summed E-state index contributed by atoms with van der Waals surface area (Å²) in [6.45, 7) is 5.11. The van der Waals surface area contributed by atoms with E-state index in [0.717, 1.165) is 37.5 Å². The number of aliphatic hydroxyl groups is 1. The number of urea groups is 1. The smallest absolute Gasteiger partial charge is 0.317 e. The van der Waals surface area contributed by atoms with E-state index in [9.17, 15) is 4.79 Å². The molecule has 2 aliphatic carbocycles. The van der Waals surface area contributed by atoms with Gasteiger partial charge in [0.1, 0.15) is 0 Å². The van der Waals surface area contributed by atoms with Crippen molar-refractivity contribution in [3.8, 4) is 0 Å². The molecule has 0 radical (unpaired) electrons. The summed E-state index contributed by atoms with van der Waals surface area (Å²) in [5.74, 6) is 1.58. The number of nitrogens with zero attached hydrogens (tertiary/aromatic N) is 1. The molecule has 0 unspecified atom stereocenters. The number of aliphatic hydroxyl groups excluding tert-OH is 1. The van der Waals surface area contributed by atoms with Gasteiger partial charge in [-0.1, -0.05) is 13.8 Å². The predicted molar refractivity (Wildman–Crippen MR) is 75.9 cm³/mol. The van der Waals surface area contributed by atoms with Crippen LogP contribution in [0.1, 0.15) is 52.4 Å². The largest absolute Gasteiger partial charge is 0.395 e. The van der Waals surface area contributed by atoms with E-state index in [2.05, 4.69) is 19.2 Å². The molecular formula is C15H28N2O2. The van der Waals surface area contributed by atoms with Gasteiger partial charge in [-0.15, -0.1) is 0 Å². The Morgan fingerprint density at radius 2 is 1.84 bits per heavy atom. The highest BCUT2D eigenvalue weighted by Crippen LogP contribution is 2.30. The van der Waals surface area contributed by atoms with Crippen molar-refractivity contribution >= 4 is 6.03 Å². The molecule has 0 saturated heterocycles. The third-order valence-electron chi connectivity index (χ3n) is 4.63. The molecule has 0 atom stereocenters. The monoisotopic (exact) mass is 268 g/mol. The maximum Gasteiger partial charge on any atom is 0.317 e. The van der Waals surface area contributed by atoms with Crippen molar-refractivity contribution < 1.29 is 9.90 Å². The van der Waals surface area contributed by atoms with Crippen LogP contribution >= 0.6 is 0 Å². The van der Waals surface area contributed by atoms with E-state index in [1.54, 1.807) is 0 Å². The lowest BCUT2D eigenvalue weighted by Crippen LogP contribution is -2.48. The van der Waals surface area contributed by atoms with Gasteiger partial charge in [0.2, 0.25) is 0 Å². The van der Waals surface area contributed by atoms with E-state index in [-0.39, 0.29) is 12.6 Å². The molecule has 2 saturated carbocycles. The first kappa shape index (κ1) is 14.6. The van der Waals surface area contributed by atoms with Gasteiger partial charge in [-0.3, -0.25) is 0 Å². The van der Waals surface area contributed by atoms with Crippen LogP contribution in [0.3, 0.4) is 0 Å². The zero-order chi connectivity index (χ0) is 13.8. The lowest BCUT2D eigenvalue weighted by Gasteiger charge is -2.33. The molecule has 0 heterocycles. The van der Waals surface area contributed by atoms with Gasteiger partial charge in [-0.05, 0) is 50.4 Å². The fraction of sp³-hybridized carbons (Fsp3) is 0.933. The number of rotatable bonds is 5. The van der Waals surface area contributed by atoms with Crippen LogP contribution in [0, 0.1) is 11.8 Å². The molecule has 0 aromatic heterocycles. The SMILES string of the molecule is CC(C)C1CCC(NC(=O)N(CCO)C2CC2)CC1. The number of carbonyl (C=O) groups excluding carboxylic acids is 1. The van der Waals surface area contributed by atoms with Crippen LogP contribution in [0.25, 0.3) is 0 Å². The second-order valence-corrected chi connectivity index (χ2v) is 6.45. The third-order valence-corrected chi connectivity index (χ3v) is 4.63. The predicted octanol–water partition coefficient (Wildman–Crippen LogP) is 2.37. The molecule has 2 fully saturated rings. The summed E-state index contributed by atoms with van der Waals surface area (Å²) in [7, 11) is 0.